The van der Waals surface area contributed by atoms with E-state index < -0.39 is 11.2 Å². The molecule has 1 aliphatic carbocycles. The maximum Gasteiger partial charge on any atom is 0.259 e. The number of carbonyl (C=O) groups is 1. The number of aromatic nitrogens is 2. The minimum Gasteiger partial charge on any atom is -0.384 e. The van der Waals surface area contributed by atoms with Crippen LogP contribution in [0.3, 0.4) is 0 Å². The van der Waals surface area contributed by atoms with Crippen LogP contribution >= 0.6 is 11.6 Å². The molecule has 2 aromatic rings. The van der Waals surface area contributed by atoms with Gasteiger partial charge in [-0.05, 0) is 50.3 Å². The van der Waals surface area contributed by atoms with Gasteiger partial charge in [0, 0.05) is 18.2 Å². The average molecular weight is 378 g/mol. The van der Waals surface area contributed by atoms with E-state index in [1.807, 2.05) is 0 Å². The van der Waals surface area contributed by atoms with Gasteiger partial charge >= 0.3 is 0 Å². The number of aryl methyl sites for hydroxylation is 1. The van der Waals surface area contributed by atoms with Crippen molar-refractivity contribution in [1.82, 2.24) is 9.78 Å². The van der Waals surface area contributed by atoms with Crippen molar-refractivity contribution in [3.63, 3.8) is 0 Å². The third-order valence-corrected chi connectivity index (χ3v) is 5.86. The summed E-state index contributed by atoms with van der Waals surface area (Å²) in [5.41, 5.74) is 14.1. The van der Waals surface area contributed by atoms with Gasteiger partial charge in [-0.15, -0.1) is 0 Å². The van der Waals surface area contributed by atoms with Crippen molar-refractivity contribution in [1.29, 1.82) is 0 Å². The molecule has 2 heterocycles. The van der Waals surface area contributed by atoms with Crippen LogP contribution in [0, 0.1) is 5.82 Å². The molecule has 0 radical (unpaired) electrons. The minimum atomic E-state index is -0.975. The quantitative estimate of drug-likeness (QED) is 0.709. The molecule has 26 heavy (non-hydrogen) atoms. The summed E-state index contributed by atoms with van der Waals surface area (Å²) in [6.45, 7) is 2.34. The zero-order valence-corrected chi connectivity index (χ0v) is 15.2. The van der Waals surface area contributed by atoms with Crippen LogP contribution in [-0.4, -0.2) is 28.3 Å². The van der Waals surface area contributed by atoms with E-state index in [1.165, 1.54) is 16.8 Å². The van der Waals surface area contributed by atoms with E-state index in [2.05, 4.69) is 10.4 Å². The highest BCUT2D eigenvalue weighted by Crippen LogP contribution is 2.43. The second kappa shape index (κ2) is 5.96. The minimum absolute atomic E-state index is 0.0284. The van der Waals surface area contributed by atoms with E-state index >= 15 is 0 Å². The number of anilines is 2. The normalized spacial score (nSPS) is 24.5. The lowest BCUT2D eigenvalue weighted by Gasteiger charge is -2.35. The Kier molecular flexibility index (Phi) is 3.96. The van der Waals surface area contributed by atoms with Crippen molar-refractivity contribution in [3.8, 4) is 0 Å². The van der Waals surface area contributed by atoms with Gasteiger partial charge < -0.3 is 16.8 Å². The van der Waals surface area contributed by atoms with Crippen molar-refractivity contribution in [3.05, 3.63) is 39.8 Å². The van der Waals surface area contributed by atoms with E-state index in [9.17, 15) is 9.18 Å². The van der Waals surface area contributed by atoms with Crippen molar-refractivity contribution in [2.45, 2.75) is 44.1 Å². The smallest absolute Gasteiger partial charge is 0.259 e. The number of rotatable bonds is 1. The zero-order chi connectivity index (χ0) is 18.6. The molecule has 0 fully saturated rings. The summed E-state index contributed by atoms with van der Waals surface area (Å²) in [5, 5.41) is 7.88. The molecule has 0 amide bonds. The van der Waals surface area contributed by atoms with Gasteiger partial charge in [-0.1, -0.05) is 11.6 Å². The lowest BCUT2D eigenvalue weighted by Crippen LogP contribution is -2.42. The van der Waals surface area contributed by atoms with Crippen LogP contribution in [0.1, 0.15) is 41.4 Å². The molecule has 2 atom stereocenters. The topological polar surface area (TPSA) is 99.0 Å². The highest BCUT2D eigenvalue weighted by atomic mass is 35.5. The van der Waals surface area contributed by atoms with E-state index in [1.54, 1.807) is 6.92 Å². The predicted molar refractivity (Wildman–Crippen MR) is 99.1 cm³/mol. The van der Waals surface area contributed by atoms with Gasteiger partial charge in [-0.25, -0.2) is 4.39 Å². The molecule has 2 unspecified atom stereocenters. The van der Waals surface area contributed by atoms with Gasteiger partial charge in [0.2, 0.25) is 0 Å². The van der Waals surface area contributed by atoms with Crippen molar-refractivity contribution >= 4 is 29.0 Å². The SMILES string of the molecule is CC1(C(=O)n2nc3c(c2N)CC(N)CC3)CCNc2c(Cl)cc(F)cc21. The first kappa shape index (κ1) is 17.3. The summed E-state index contributed by atoms with van der Waals surface area (Å²) in [6.07, 6.45) is 2.63. The molecule has 1 aromatic heterocycles. The first-order valence-corrected chi connectivity index (χ1v) is 9.09. The van der Waals surface area contributed by atoms with Crippen LogP contribution < -0.4 is 16.8 Å². The van der Waals surface area contributed by atoms with Crippen LogP contribution in [0.15, 0.2) is 12.1 Å². The lowest BCUT2D eigenvalue weighted by atomic mass is 9.75. The molecule has 0 saturated carbocycles. The number of hydrogen-bond donors (Lipinski definition) is 3. The molecule has 138 valence electrons. The number of benzene rings is 1. The number of hydrogen-bond acceptors (Lipinski definition) is 5. The Balaban J connectivity index is 1.81. The third-order valence-electron chi connectivity index (χ3n) is 5.57. The molecule has 6 nitrogen and oxygen atoms in total. The lowest BCUT2D eigenvalue weighted by molar-refractivity contribution is 0.0785. The molecule has 5 N–H and O–H groups in total. The Morgan fingerprint density at radius 3 is 3.04 bits per heavy atom. The molecule has 0 saturated heterocycles. The molecule has 1 aliphatic heterocycles. The molecule has 0 spiro atoms. The zero-order valence-electron chi connectivity index (χ0n) is 14.5. The predicted octanol–water partition coefficient (Wildman–Crippen LogP) is 2.49. The van der Waals surface area contributed by atoms with Crippen LogP contribution in [0.2, 0.25) is 5.02 Å². The molecule has 0 bridgehead atoms. The van der Waals surface area contributed by atoms with Crippen molar-refractivity contribution in [2.75, 3.05) is 17.6 Å². The second-order valence-corrected chi connectivity index (χ2v) is 7.76. The number of fused-ring (bicyclic) bond motifs is 2. The number of nitrogen functional groups attached to an aromatic ring is 1. The average Bonchev–Trinajstić information content (AvgIpc) is 2.91. The van der Waals surface area contributed by atoms with Gasteiger partial charge in [0.25, 0.3) is 5.91 Å². The highest BCUT2D eigenvalue weighted by molar-refractivity contribution is 6.33. The molecule has 4 rings (SSSR count). The number of carbonyl (C=O) groups excluding carboxylic acids is 1. The monoisotopic (exact) mass is 377 g/mol. The Bertz CT molecular complexity index is 911. The van der Waals surface area contributed by atoms with E-state index in [0.717, 1.165) is 17.7 Å². The summed E-state index contributed by atoms with van der Waals surface area (Å²) in [5.74, 6) is -0.415. The number of nitrogens with zero attached hydrogens (tertiary/aromatic N) is 2. The summed E-state index contributed by atoms with van der Waals surface area (Å²) >= 11 is 6.18. The second-order valence-electron chi connectivity index (χ2n) is 7.35. The molecular formula is C18H21ClFN5O. The van der Waals surface area contributed by atoms with Crippen LogP contribution in [0.4, 0.5) is 15.9 Å². The van der Waals surface area contributed by atoms with Gasteiger partial charge in [0.15, 0.2) is 0 Å². The Labute approximate surface area is 155 Å². The summed E-state index contributed by atoms with van der Waals surface area (Å²) in [7, 11) is 0. The maximum absolute atomic E-state index is 14.0. The molecular weight excluding hydrogens is 357 g/mol. The van der Waals surface area contributed by atoms with Crippen molar-refractivity contribution in [2.24, 2.45) is 5.73 Å². The Hall–Kier alpha value is -2.12. The first-order chi connectivity index (χ1) is 12.3. The van der Waals surface area contributed by atoms with Gasteiger partial charge in [-0.3, -0.25) is 4.79 Å². The summed E-state index contributed by atoms with van der Waals surface area (Å²) in [4.78, 5) is 13.4. The maximum atomic E-state index is 14.0. The molecule has 1 aromatic carbocycles. The largest absolute Gasteiger partial charge is 0.384 e. The van der Waals surface area contributed by atoms with Gasteiger partial charge in [0.1, 0.15) is 11.6 Å². The van der Waals surface area contributed by atoms with E-state index in [0.29, 0.717) is 42.9 Å². The number of nitrogens with two attached hydrogens (primary N) is 2. The van der Waals surface area contributed by atoms with Gasteiger partial charge in [0.05, 0.1) is 21.8 Å². The highest BCUT2D eigenvalue weighted by Gasteiger charge is 2.43. The first-order valence-electron chi connectivity index (χ1n) is 8.71. The van der Waals surface area contributed by atoms with Crippen LogP contribution in [0.25, 0.3) is 0 Å². The van der Waals surface area contributed by atoms with E-state index in [-0.39, 0.29) is 17.0 Å². The van der Waals surface area contributed by atoms with Gasteiger partial charge in [-0.2, -0.15) is 9.78 Å². The Morgan fingerprint density at radius 2 is 2.27 bits per heavy atom. The summed E-state index contributed by atoms with van der Waals surface area (Å²) < 4.78 is 15.3. The van der Waals surface area contributed by atoms with E-state index in [4.69, 9.17) is 23.1 Å². The number of nitrogens with one attached hydrogen (secondary N) is 1. The fourth-order valence-electron chi connectivity index (χ4n) is 3.99. The fraction of sp³-hybridized carbons (Fsp3) is 0.444. The van der Waals surface area contributed by atoms with Crippen LogP contribution in [-0.2, 0) is 18.3 Å². The molecule has 8 heteroatoms. The Morgan fingerprint density at radius 1 is 1.50 bits per heavy atom. The summed E-state index contributed by atoms with van der Waals surface area (Å²) in [6, 6.07) is 2.63. The standard InChI is InChI=1S/C18H21ClFN5O/c1-18(4-5-23-15-12(18)6-9(20)7-13(15)19)17(26)25-16(22)11-8-10(21)2-3-14(11)24-25/h6-7,10,23H,2-5,8,21-22H2,1H3. The van der Waals surface area contributed by atoms with Crippen molar-refractivity contribution < 1.29 is 9.18 Å². The fourth-order valence-corrected chi connectivity index (χ4v) is 4.26. The third kappa shape index (κ3) is 2.49. The number of halogens is 2. The van der Waals surface area contributed by atoms with Crippen LogP contribution in [0.5, 0.6) is 0 Å². The molecule has 2 aliphatic rings.